The molecule has 0 saturated heterocycles. The van der Waals surface area contributed by atoms with Crippen LogP contribution in [0.15, 0.2) is 29.2 Å². The number of sulfone groups is 1. The van der Waals surface area contributed by atoms with E-state index in [0.717, 1.165) is 19.3 Å². The van der Waals surface area contributed by atoms with Crippen molar-refractivity contribution in [1.82, 2.24) is 0 Å². The highest BCUT2D eigenvalue weighted by molar-refractivity contribution is 7.92. The van der Waals surface area contributed by atoms with Crippen molar-refractivity contribution in [3.05, 3.63) is 24.3 Å². The van der Waals surface area contributed by atoms with Crippen molar-refractivity contribution in [2.45, 2.75) is 29.4 Å². The smallest absolute Gasteiger partial charge is 0.181 e. The van der Waals surface area contributed by atoms with Gasteiger partial charge in [0.1, 0.15) is 5.75 Å². The molecule has 0 aliphatic heterocycles. The fourth-order valence-electron chi connectivity index (χ4n) is 1.53. The molecule has 4 heteroatoms. The third kappa shape index (κ3) is 1.50. The Morgan fingerprint density at radius 2 is 2.00 bits per heavy atom. The Kier molecular flexibility index (Phi) is 2.23. The molecule has 2 rings (SSSR count). The van der Waals surface area contributed by atoms with E-state index in [9.17, 15) is 13.5 Å². The van der Waals surface area contributed by atoms with Crippen LogP contribution >= 0.6 is 0 Å². The third-order valence-electron chi connectivity index (χ3n) is 2.64. The number of aromatic hydroxyl groups is 1. The Hall–Kier alpha value is -1.03. The molecule has 76 valence electrons. The Morgan fingerprint density at radius 3 is 2.50 bits per heavy atom. The average Bonchev–Trinajstić information content (AvgIpc) is 2.00. The quantitative estimate of drug-likeness (QED) is 0.812. The van der Waals surface area contributed by atoms with Gasteiger partial charge in [0.2, 0.25) is 0 Å². The molecular formula is C10H12O3S. The fourth-order valence-corrected chi connectivity index (χ4v) is 3.43. The standard InChI is InChI=1S/C10H12O3S/c11-8-3-1-6-10(7-8)14(12,13)9-4-2-5-9/h1,3,6-7,9,11H,2,4-5H2. The molecule has 0 radical (unpaired) electrons. The molecule has 0 atom stereocenters. The summed E-state index contributed by atoms with van der Waals surface area (Å²) in [4.78, 5) is 0.238. The lowest BCUT2D eigenvalue weighted by Crippen LogP contribution is -2.28. The van der Waals surface area contributed by atoms with Gasteiger partial charge in [-0.05, 0) is 31.0 Å². The summed E-state index contributed by atoms with van der Waals surface area (Å²) in [5.41, 5.74) is 0. The molecule has 0 aromatic heterocycles. The van der Waals surface area contributed by atoms with Crippen LogP contribution in [0.1, 0.15) is 19.3 Å². The summed E-state index contributed by atoms with van der Waals surface area (Å²) in [6.45, 7) is 0. The molecule has 3 nitrogen and oxygen atoms in total. The summed E-state index contributed by atoms with van der Waals surface area (Å²) in [6, 6.07) is 5.88. The van der Waals surface area contributed by atoms with Crippen molar-refractivity contribution < 1.29 is 13.5 Å². The molecule has 0 heterocycles. The van der Waals surface area contributed by atoms with Crippen LogP contribution in [-0.2, 0) is 9.84 Å². The zero-order valence-electron chi connectivity index (χ0n) is 7.68. The maximum absolute atomic E-state index is 11.9. The predicted molar refractivity (Wildman–Crippen MR) is 52.9 cm³/mol. The number of rotatable bonds is 2. The Bertz CT molecular complexity index is 432. The third-order valence-corrected chi connectivity index (χ3v) is 4.90. The van der Waals surface area contributed by atoms with Crippen LogP contribution in [-0.4, -0.2) is 18.8 Å². The molecule has 0 unspecified atom stereocenters. The zero-order valence-corrected chi connectivity index (χ0v) is 8.50. The van der Waals surface area contributed by atoms with Gasteiger partial charge >= 0.3 is 0 Å². The van der Waals surface area contributed by atoms with Gasteiger partial charge in [-0.1, -0.05) is 12.5 Å². The second-order valence-electron chi connectivity index (χ2n) is 3.60. The van der Waals surface area contributed by atoms with Crippen LogP contribution in [0, 0.1) is 0 Å². The summed E-state index contributed by atoms with van der Waals surface area (Å²) < 4.78 is 23.7. The number of benzene rings is 1. The minimum absolute atomic E-state index is 0.00500. The molecule has 1 saturated carbocycles. The van der Waals surface area contributed by atoms with Gasteiger partial charge in [-0.3, -0.25) is 0 Å². The summed E-state index contributed by atoms with van der Waals surface area (Å²) in [6.07, 6.45) is 2.48. The summed E-state index contributed by atoms with van der Waals surface area (Å²) >= 11 is 0. The number of hydrogen-bond acceptors (Lipinski definition) is 3. The molecule has 0 bridgehead atoms. The lowest BCUT2D eigenvalue weighted by atomic mass is 10.00. The zero-order chi connectivity index (χ0) is 10.2. The lowest BCUT2D eigenvalue weighted by Gasteiger charge is -2.25. The summed E-state index contributed by atoms with van der Waals surface area (Å²) in [5, 5.41) is 8.95. The minimum Gasteiger partial charge on any atom is -0.508 e. The second-order valence-corrected chi connectivity index (χ2v) is 5.82. The highest BCUT2D eigenvalue weighted by Crippen LogP contribution is 2.31. The van der Waals surface area contributed by atoms with E-state index in [2.05, 4.69) is 0 Å². The van der Waals surface area contributed by atoms with Crippen molar-refractivity contribution in [3.63, 3.8) is 0 Å². The maximum Gasteiger partial charge on any atom is 0.181 e. The van der Waals surface area contributed by atoms with Gasteiger partial charge in [-0.15, -0.1) is 0 Å². The average molecular weight is 212 g/mol. The summed E-state index contributed by atoms with van der Waals surface area (Å²) in [5.74, 6) is 0.00500. The van der Waals surface area contributed by atoms with Crippen LogP contribution in [0.25, 0.3) is 0 Å². The number of phenolic OH excluding ortho intramolecular Hbond substituents is 1. The number of phenols is 1. The van der Waals surface area contributed by atoms with Crippen molar-refractivity contribution in [3.8, 4) is 5.75 Å². The molecule has 1 N–H and O–H groups in total. The van der Waals surface area contributed by atoms with Gasteiger partial charge in [-0.2, -0.15) is 0 Å². The molecular weight excluding hydrogens is 200 g/mol. The Labute approximate surface area is 83.3 Å². The summed E-state index contributed by atoms with van der Waals surface area (Å²) in [7, 11) is -3.18. The van der Waals surface area contributed by atoms with E-state index in [0.29, 0.717) is 0 Å². The van der Waals surface area contributed by atoms with E-state index in [1.54, 1.807) is 6.07 Å². The molecule has 1 aliphatic rings. The minimum atomic E-state index is -3.18. The Morgan fingerprint density at radius 1 is 1.29 bits per heavy atom. The number of hydrogen-bond donors (Lipinski definition) is 1. The van der Waals surface area contributed by atoms with E-state index in [1.807, 2.05) is 0 Å². The first-order valence-electron chi connectivity index (χ1n) is 4.63. The molecule has 1 fully saturated rings. The van der Waals surface area contributed by atoms with Gasteiger partial charge in [0.25, 0.3) is 0 Å². The molecule has 1 aliphatic carbocycles. The molecule has 0 amide bonds. The Balaban J connectivity index is 2.38. The highest BCUT2D eigenvalue weighted by Gasteiger charge is 2.32. The van der Waals surface area contributed by atoms with Gasteiger partial charge in [0.15, 0.2) is 9.84 Å². The SMILES string of the molecule is O=S(=O)(c1cccc(O)c1)C1CCC1. The second kappa shape index (κ2) is 3.28. The van der Waals surface area contributed by atoms with Crippen molar-refractivity contribution in [2.75, 3.05) is 0 Å². The first-order valence-corrected chi connectivity index (χ1v) is 6.18. The van der Waals surface area contributed by atoms with Crippen molar-refractivity contribution in [2.24, 2.45) is 0 Å². The van der Waals surface area contributed by atoms with Crippen LogP contribution in [0.3, 0.4) is 0 Å². The largest absolute Gasteiger partial charge is 0.508 e. The van der Waals surface area contributed by atoms with E-state index in [-0.39, 0.29) is 15.9 Å². The predicted octanol–water partition coefficient (Wildman–Crippen LogP) is 1.72. The van der Waals surface area contributed by atoms with Gasteiger partial charge in [0, 0.05) is 0 Å². The molecule has 1 aromatic rings. The van der Waals surface area contributed by atoms with E-state index in [4.69, 9.17) is 0 Å². The lowest BCUT2D eigenvalue weighted by molar-refractivity contribution is 0.467. The van der Waals surface area contributed by atoms with Crippen LogP contribution in [0.5, 0.6) is 5.75 Å². The molecule has 1 aromatic carbocycles. The van der Waals surface area contributed by atoms with Crippen molar-refractivity contribution in [1.29, 1.82) is 0 Å². The first-order chi connectivity index (χ1) is 6.60. The van der Waals surface area contributed by atoms with Gasteiger partial charge < -0.3 is 5.11 Å². The topological polar surface area (TPSA) is 54.4 Å². The van der Waals surface area contributed by atoms with Crippen molar-refractivity contribution >= 4 is 9.84 Å². The van der Waals surface area contributed by atoms with E-state index >= 15 is 0 Å². The van der Waals surface area contributed by atoms with Crippen LogP contribution < -0.4 is 0 Å². The van der Waals surface area contributed by atoms with Gasteiger partial charge in [-0.25, -0.2) is 8.42 Å². The first kappa shape index (κ1) is 9.52. The van der Waals surface area contributed by atoms with Crippen LogP contribution in [0.2, 0.25) is 0 Å². The van der Waals surface area contributed by atoms with E-state index < -0.39 is 9.84 Å². The molecule has 14 heavy (non-hydrogen) atoms. The maximum atomic E-state index is 11.9. The highest BCUT2D eigenvalue weighted by atomic mass is 32.2. The van der Waals surface area contributed by atoms with Crippen LogP contribution in [0.4, 0.5) is 0 Å². The monoisotopic (exact) mass is 212 g/mol. The normalized spacial score (nSPS) is 17.7. The fraction of sp³-hybridized carbons (Fsp3) is 0.400. The van der Waals surface area contributed by atoms with Gasteiger partial charge in [0.05, 0.1) is 10.1 Å². The van der Waals surface area contributed by atoms with E-state index in [1.165, 1.54) is 18.2 Å². The molecule has 0 spiro atoms.